The Morgan fingerprint density at radius 3 is 3.13 bits per heavy atom. The summed E-state index contributed by atoms with van der Waals surface area (Å²) >= 11 is 0. The minimum absolute atomic E-state index is 0.574. The number of nitrogens with zero attached hydrogens (tertiary/aromatic N) is 2. The second kappa shape index (κ2) is 3.76. The summed E-state index contributed by atoms with van der Waals surface area (Å²) in [6, 6.07) is 3.72. The lowest BCUT2D eigenvalue weighted by molar-refractivity contribution is 0.112. The van der Waals surface area contributed by atoms with Crippen molar-refractivity contribution in [1.82, 2.24) is 9.97 Å². The summed E-state index contributed by atoms with van der Waals surface area (Å²) in [5.41, 5.74) is 2.04. The normalized spacial score (nSPS) is 10.6. The van der Waals surface area contributed by atoms with Crippen LogP contribution in [0.5, 0.6) is 0 Å². The first kappa shape index (κ1) is 9.16. The molecule has 15 heavy (non-hydrogen) atoms. The van der Waals surface area contributed by atoms with Gasteiger partial charge in [-0.1, -0.05) is 0 Å². The zero-order valence-corrected chi connectivity index (χ0v) is 7.77. The van der Waals surface area contributed by atoms with Crippen molar-refractivity contribution in [3.63, 3.8) is 0 Å². The van der Waals surface area contributed by atoms with Crippen LogP contribution in [0.25, 0.3) is 17.1 Å². The van der Waals surface area contributed by atoms with E-state index in [0.29, 0.717) is 11.2 Å². The lowest BCUT2D eigenvalue weighted by Gasteiger charge is -1.93. The summed E-state index contributed by atoms with van der Waals surface area (Å²) in [6.07, 6.45) is 7.05. The van der Waals surface area contributed by atoms with Crippen LogP contribution in [0.4, 0.5) is 0 Å². The molecule has 0 fully saturated rings. The molecule has 0 atom stereocenters. The van der Waals surface area contributed by atoms with Gasteiger partial charge in [0.1, 0.15) is 5.65 Å². The van der Waals surface area contributed by atoms with Gasteiger partial charge in [-0.15, -0.1) is 0 Å². The van der Waals surface area contributed by atoms with Crippen LogP contribution in [0.1, 0.15) is 15.9 Å². The molecule has 0 aliphatic heterocycles. The third-order valence-corrected chi connectivity index (χ3v) is 2.06. The van der Waals surface area contributed by atoms with Gasteiger partial charge in [-0.05, 0) is 17.7 Å². The van der Waals surface area contributed by atoms with E-state index >= 15 is 0 Å². The number of aromatic nitrogens is 2. The van der Waals surface area contributed by atoms with E-state index in [-0.39, 0.29) is 0 Å². The number of nitriles is 1. The molecule has 72 valence electrons. The molecule has 1 N–H and O–H groups in total. The van der Waals surface area contributed by atoms with Crippen LogP contribution < -0.4 is 0 Å². The molecule has 2 aromatic heterocycles. The van der Waals surface area contributed by atoms with Gasteiger partial charge in [0.25, 0.3) is 0 Å². The Morgan fingerprint density at radius 2 is 2.40 bits per heavy atom. The molecular weight excluding hydrogens is 190 g/mol. The van der Waals surface area contributed by atoms with Gasteiger partial charge in [-0.2, -0.15) is 5.26 Å². The number of carbonyl (C=O) groups excluding carboxylic acids is 1. The number of allylic oxidation sites excluding steroid dienone is 1. The Kier molecular flexibility index (Phi) is 2.30. The molecule has 0 spiro atoms. The average Bonchev–Trinajstić information content (AvgIpc) is 2.68. The number of hydrogen-bond acceptors (Lipinski definition) is 3. The molecule has 0 bridgehead atoms. The summed E-state index contributed by atoms with van der Waals surface area (Å²) in [5.74, 6) is 0. The van der Waals surface area contributed by atoms with Crippen molar-refractivity contribution in [3.8, 4) is 6.07 Å². The van der Waals surface area contributed by atoms with E-state index in [4.69, 9.17) is 5.26 Å². The molecule has 0 saturated carbocycles. The summed E-state index contributed by atoms with van der Waals surface area (Å²) in [5, 5.41) is 9.15. The van der Waals surface area contributed by atoms with Crippen molar-refractivity contribution in [2.24, 2.45) is 0 Å². The largest absolute Gasteiger partial charge is 0.345 e. The van der Waals surface area contributed by atoms with Gasteiger partial charge in [0, 0.05) is 29.4 Å². The topological polar surface area (TPSA) is 69.5 Å². The quantitative estimate of drug-likeness (QED) is 0.590. The van der Waals surface area contributed by atoms with Crippen LogP contribution in [0.2, 0.25) is 0 Å². The minimum atomic E-state index is 0.574. The number of pyridine rings is 1. The Morgan fingerprint density at radius 1 is 1.53 bits per heavy atom. The molecule has 0 saturated heterocycles. The van der Waals surface area contributed by atoms with E-state index in [1.54, 1.807) is 18.5 Å². The maximum Gasteiger partial charge on any atom is 0.152 e. The fourth-order valence-corrected chi connectivity index (χ4v) is 1.36. The van der Waals surface area contributed by atoms with Crippen molar-refractivity contribution in [1.29, 1.82) is 5.26 Å². The van der Waals surface area contributed by atoms with Crippen molar-refractivity contribution in [3.05, 3.63) is 35.7 Å². The van der Waals surface area contributed by atoms with Gasteiger partial charge in [0.15, 0.2) is 6.29 Å². The first-order valence-corrected chi connectivity index (χ1v) is 4.33. The highest BCUT2D eigenvalue weighted by molar-refractivity contribution is 5.96. The fourth-order valence-electron chi connectivity index (χ4n) is 1.36. The van der Waals surface area contributed by atoms with Crippen LogP contribution in [0, 0.1) is 11.3 Å². The zero-order valence-electron chi connectivity index (χ0n) is 7.77. The fraction of sp³-hybridized carbons (Fsp3) is 0. The molecular formula is C11H7N3O. The Labute approximate surface area is 85.9 Å². The zero-order chi connectivity index (χ0) is 10.7. The number of rotatable bonds is 2. The molecule has 2 aromatic rings. The van der Waals surface area contributed by atoms with Crippen molar-refractivity contribution >= 4 is 23.4 Å². The third kappa shape index (κ3) is 1.63. The summed E-state index contributed by atoms with van der Waals surface area (Å²) in [6.45, 7) is 0. The summed E-state index contributed by atoms with van der Waals surface area (Å²) in [4.78, 5) is 17.7. The molecule has 0 radical (unpaired) electrons. The molecule has 4 nitrogen and oxygen atoms in total. The third-order valence-electron chi connectivity index (χ3n) is 2.06. The van der Waals surface area contributed by atoms with Crippen molar-refractivity contribution < 1.29 is 4.79 Å². The van der Waals surface area contributed by atoms with Crippen LogP contribution >= 0.6 is 0 Å². The van der Waals surface area contributed by atoms with E-state index in [1.165, 1.54) is 6.08 Å². The van der Waals surface area contributed by atoms with Gasteiger partial charge >= 0.3 is 0 Å². The number of hydrogen-bond donors (Lipinski definition) is 1. The van der Waals surface area contributed by atoms with Crippen molar-refractivity contribution in [2.75, 3.05) is 0 Å². The second-order valence-corrected chi connectivity index (χ2v) is 2.99. The van der Waals surface area contributed by atoms with E-state index in [1.807, 2.05) is 12.1 Å². The Bertz CT molecular complexity index is 575. The molecule has 2 rings (SSSR count). The first-order chi connectivity index (χ1) is 7.35. The highest BCUT2D eigenvalue weighted by atomic mass is 16.1. The molecule has 0 aliphatic carbocycles. The van der Waals surface area contributed by atoms with Crippen LogP contribution in [-0.2, 0) is 0 Å². The smallest absolute Gasteiger partial charge is 0.152 e. The number of fused-ring (bicyclic) bond motifs is 1. The lowest BCUT2D eigenvalue weighted by Crippen LogP contribution is -1.80. The Balaban J connectivity index is 2.58. The minimum Gasteiger partial charge on any atom is -0.345 e. The van der Waals surface area contributed by atoms with Gasteiger partial charge in [-0.25, -0.2) is 4.98 Å². The number of nitrogens with one attached hydrogen (secondary N) is 1. The number of H-pyrrole nitrogens is 1. The highest BCUT2D eigenvalue weighted by Gasteiger charge is 2.03. The monoisotopic (exact) mass is 197 g/mol. The van der Waals surface area contributed by atoms with E-state index in [2.05, 4.69) is 9.97 Å². The standard InChI is InChI=1S/C11H7N3O/c12-3-1-2-8-4-10-9(7-15)6-14-11(10)13-5-8/h1-2,4-7H,(H,13,14). The molecule has 0 aliphatic rings. The predicted molar refractivity (Wildman–Crippen MR) is 56.1 cm³/mol. The van der Waals surface area contributed by atoms with E-state index in [9.17, 15) is 4.79 Å². The number of aromatic amines is 1. The first-order valence-electron chi connectivity index (χ1n) is 4.33. The summed E-state index contributed by atoms with van der Waals surface area (Å²) in [7, 11) is 0. The average molecular weight is 197 g/mol. The maximum atomic E-state index is 10.7. The molecule has 4 heteroatoms. The van der Waals surface area contributed by atoms with Crippen LogP contribution in [0.15, 0.2) is 24.5 Å². The van der Waals surface area contributed by atoms with Gasteiger partial charge < -0.3 is 4.98 Å². The molecule has 0 unspecified atom stereocenters. The second-order valence-electron chi connectivity index (χ2n) is 2.99. The van der Waals surface area contributed by atoms with Crippen LogP contribution in [0.3, 0.4) is 0 Å². The predicted octanol–water partition coefficient (Wildman–Crippen LogP) is 1.91. The molecule has 0 amide bonds. The molecule has 2 heterocycles. The Hall–Kier alpha value is -2.41. The van der Waals surface area contributed by atoms with E-state index < -0.39 is 0 Å². The molecule has 0 aromatic carbocycles. The van der Waals surface area contributed by atoms with Gasteiger partial charge in [0.05, 0.1) is 6.07 Å². The lowest BCUT2D eigenvalue weighted by atomic mass is 10.2. The SMILES string of the molecule is N#CC=Cc1cnc2[nH]cc(C=O)c2c1. The van der Waals surface area contributed by atoms with Gasteiger partial charge in [0.2, 0.25) is 0 Å². The number of aldehydes is 1. The van der Waals surface area contributed by atoms with Gasteiger partial charge in [-0.3, -0.25) is 4.79 Å². The summed E-state index contributed by atoms with van der Waals surface area (Å²) < 4.78 is 0. The van der Waals surface area contributed by atoms with Crippen LogP contribution in [-0.4, -0.2) is 16.3 Å². The maximum absolute atomic E-state index is 10.7. The highest BCUT2D eigenvalue weighted by Crippen LogP contribution is 2.16. The van der Waals surface area contributed by atoms with Crippen molar-refractivity contribution in [2.45, 2.75) is 0 Å². The number of carbonyl (C=O) groups is 1. The van der Waals surface area contributed by atoms with E-state index in [0.717, 1.165) is 17.2 Å².